The number of aromatic nitrogens is 2. The molecule has 0 saturated heterocycles. The smallest absolute Gasteiger partial charge is 0.278 e. The van der Waals surface area contributed by atoms with E-state index in [1.54, 1.807) is 13.0 Å². The lowest BCUT2D eigenvalue weighted by Crippen LogP contribution is -2.25. The zero-order chi connectivity index (χ0) is 14.2. The summed E-state index contributed by atoms with van der Waals surface area (Å²) in [4.78, 5) is 6.67. The van der Waals surface area contributed by atoms with Gasteiger partial charge in [-0.05, 0) is 37.1 Å². The van der Waals surface area contributed by atoms with Crippen molar-refractivity contribution < 1.29 is 8.42 Å². The maximum Gasteiger partial charge on any atom is 0.278 e. The molecule has 1 aromatic heterocycles. The Bertz CT molecular complexity index is 737. The monoisotopic (exact) mass is 292 g/mol. The third-order valence-electron chi connectivity index (χ3n) is 3.35. The normalized spacial score (nSPS) is 14.8. The first-order chi connectivity index (χ1) is 9.56. The highest BCUT2D eigenvalue weighted by Gasteiger charge is 2.20. The second kappa shape index (κ2) is 4.92. The zero-order valence-electron chi connectivity index (χ0n) is 11.1. The average Bonchev–Trinajstić information content (AvgIpc) is 2.86. The van der Waals surface area contributed by atoms with Crippen LogP contribution in [-0.4, -0.2) is 24.9 Å². The molecule has 106 valence electrons. The Morgan fingerprint density at radius 3 is 2.95 bits per heavy atom. The van der Waals surface area contributed by atoms with Crippen LogP contribution in [0.1, 0.15) is 17.0 Å². The zero-order valence-corrected chi connectivity index (χ0v) is 11.9. The number of sulfonamides is 1. The quantitative estimate of drug-likeness (QED) is 0.792. The van der Waals surface area contributed by atoms with Crippen molar-refractivity contribution in [2.24, 2.45) is 0 Å². The summed E-state index contributed by atoms with van der Waals surface area (Å²) in [7, 11) is -3.61. The molecule has 2 aromatic rings. The fourth-order valence-electron chi connectivity index (χ4n) is 2.36. The molecule has 1 aromatic carbocycles. The van der Waals surface area contributed by atoms with E-state index >= 15 is 0 Å². The van der Waals surface area contributed by atoms with Crippen LogP contribution >= 0.6 is 0 Å². The first-order valence-corrected chi connectivity index (χ1v) is 7.90. The van der Waals surface area contributed by atoms with E-state index in [4.69, 9.17) is 0 Å². The fraction of sp³-hybridized carbons (Fsp3) is 0.308. The Labute approximate surface area is 117 Å². The van der Waals surface area contributed by atoms with E-state index < -0.39 is 10.0 Å². The molecule has 1 aliphatic rings. The third-order valence-corrected chi connectivity index (χ3v) is 4.63. The number of aryl methyl sites for hydroxylation is 1. The molecule has 0 fully saturated rings. The van der Waals surface area contributed by atoms with Crippen LogP contribution in [0.2, 0.25) is 0 Å². The van der Waals surface area contributed by atoms with Gasteiger partial charge in [0.25, 0.3) is 10.0 Å². The number of hydrogen-bond donors (Lipinski definition) is 3. The van der Waals surface area contributed by atoms with Crippen molar-refractivity contribution in [1.29, 1.82) is 0 Å². The maximum absolute atomic E-state index is 12.3. The first kappa shape index (κ1) is 13.1. The van der Waals surface area contributed by atoms with Crippen molar-refractivity contribution in [3.8, 4) is 0 Å². The van der Waals surface area contributed by atoms with Gasteiger partial charge in [-0.25, -0.2) is 4.98 Å². The van der Waals surface area contributed by atoms with E-state index in [0.29, 0.717) is 11.5 Å². The maximum atomic E-state index is 12.3. The molecule has 2 heterocycles. The van der Waals surface area contributed by atoms with Crippen LogP contribution in [0.4, 0.5) is 5.69 Å². The number of rotatable bonds is 3. The van der Waals surface area contributed by atoms with Crippen LogP contribution in [0.5, 0.6) is 0 Å². The fourth-order valence-corrected chi connectivity index (χ4v) is 3.43. The summed E-state index contributed by atoms with van der Waals surface area (Å²) < 4.78 is 27.3. The number of nitrogens with one attached hydrogen (secondary N) is 3. The van der Waals surface area contributed by atoms with Crippen molar-refractivity contribution in [3.05, 3.63) is 41.3 Å². The van der Waals surface area contributed by atoms with Gasteiger partial charge in [0, 0.05) is 6.54 Å². The molecule has 0 amide bonds. The van der Waals surface area contributed by atoms with Crippen LogP contribution in [-0.2, 0) is 23.0 Å². The molecule has 0 saturated carbocycles. The summed E-state index contributed by atoms with van der Waals surface area (Å²) in [6, 6.07) is 5.67. The molecule has 0 atom stereocenters. The van der Waals surface area contributed by atoms with Crippen molar-refractivity contribution in [1.82, 2.24) is 15.3 Å². The minimum absolute atomic E-state index is 0.0848. The Balaban J connectivity index is 1.95. The van der Waals surface area contributed by atoms with Crippen molar-refractivity contribution in [3.63, 3.8) is 0 Å². The summed E-state index contributed by atoms with van der Waals surface area (Å²) >= 11 is 0. The van der Waals surface area contributed by atoms with Crippen LogP contribution in [0, 0.1) is 6.92 Å². The number of fused-ring (bicyclic) bond motifs is 1. The van der Waals surface area contributed by atoms with Gasteiger partial charge in [0.1, 0.15) is 5.82 Å². The van der Waals surface area contributed by atoms with Gasteiger partial charge in [-0.1, -0.05) is 12.1 Å². The lowest BCUT2D eigenvalue weighted by molar-refractivity contribution is 0.597. The third kappa shape index (κ3) is 2.41. The predicted octanol–water partition coefficient (Wildman–Crippen LogP) is 1.16. The van der Waals surface area contributed by atoms with Crippen LogP contribution in [0.3, 0.4) is 0 Å². The number of imidazole rings is 1. The van der Waals surface area contributed by atoms with Gasteiger partial charge in [0.05, 0.1) is 11.9 Å². The number of anilines is 1. The standard InChI is InChI=1S/C13H16N4O2S/c1-9-15-8-13(16-9)20(18,19)17-12-4-2-3-10-7-14-6-5-11(10)12/h2-4,8,14,17H,5-7H2,1H3,(H,15,16). The van der Waals surface area contributed by atoms with Crippen molar-refractivity contribution in [2.45, 2.75) is 24.9 Å². The van der Waals surface area contributed by atoms with E-state index in [0.717, 1.165) is 30.6 Å². The molecule has 1 aliphatic heterocycles. The Morgan fingerprint density at radius 1 is 1.35 bits per heavy atom. The van der Waals surface area contributed by atoms with Gasteiger partial charge in [-0.3, -0.25) is 4.72 Å². The Hall–Kier alpha value is -1.86. The minimum atomic E-state index is -3.61. The summed E-state index contributed by atoms with van der Waals surface area (Å²) in [5, 5.41) is 3.36. The summed E-state index contributed by atoms with van der Waals surface area (Å²) in [5.74, 6) is 0.574. The highest BCUT2D eigenvalue weighted by atomic mass is 32.2. The predicted molar refractivity (Wildman–Crippen MR) is 76.0 cm³/mol. The van der Waals surface area contributed by atoms with Gasteiger partial charge in [0.15, 0.2) is 5.03 Å². The molecule has 0 radical (unpaired) electrons. The van der Waals surface area contributed by atoms with Crippen LogP contribution in [0.25, 0.3) is 0 Å². The topological polar surface area (TPSA) is 86.9 Å². The highest BCUT2D eigenvalue weighted by Crippen LogP contribution is 2.25. The van der Waals surface area contributed by atoms with Gasteiger partial charge >= 0.3 is 0 Å². The Morgan fingerprint density at radius 2 is 2.20 bits per heavy atom. The van der Waals surface area contributed by atoms with E-state index in [1.165, 1.54) is 6.20 Å². The molecule has 20 heavy (non-hydrogen) atoms. The minimum Gasteiger partial charge on any atom is -0.332 e. The molecule has 0 spiro atoms. The van der Waals surface area contributed by atoms with Crippen molar-refractivity contribution in [2.75, 3.05) is 11.3 Å². The van der Waals surface area contributed by atoms with Gasteiger partial charge in [0.2, 0.25) is 0 Å². The molecular formula is C13H16N4O2S. The molecule has 0 unspecified atom stereocenters. The number of H-pyrrole nitrogens is 1. The number of hydrogen-bond acceptors (Lipinski definition) is 4. The molecular weight excluding hydrogens is 276 g/mol. The highest BCUT2D eigenvalue weighted by molar-refractivity contribution is 7.92. The SMILES string of the molecule is Cc1ncc(S(=O)(=O)Nc2cccc3c2CCNC3)[nH]1. The van der Waals surface area contributed by atoms with Gasteiger partial charge < -0.3 is 10.3 Å². The lowest BCUT2D eigenvalue weighted by Gasteiger charge is -2.20. The van der Waals surface area contributed by atoms with E-state index in [2.05, 4.69) is 20.0 Å². The number of benzene rings is 1. The number of aromatic amines is 1. The lowest BCUT2D eigenvalue weighted by atomic mass is 9.99. The van der Waals surface area contributed by atoms with E-state index in [1.807, 2.05) is 12.1 Å². The summed E-state index contributed by atoms with van der Waals surface area (Å²) in [5.41, 5.74) is 2.85. The number of nitrogens with zero attached hydrogens (tertiary/aromatic N) is 1. The van der Waals surface area contributed by atoms with Crippen LogP contribution in [0.15, 0.2) is 29.4 Å². The molecule has 0 bridgehead atoms. The molecule has 0 aliphatic carbocycles. The van der Waals surface area contributed by atoms with E-state index in [9.17, 15) is 8.42 Å². The first-order valence-electron chi connectivity index (χ1n) is 6.42. The molecule has 3 N–H and O–H groups in total. The summed E-state index contributed by atoms with van der Waals surface area (Å²) in [6.07, 6.45) is 2.14. The average molecular weight is 292 g/mol. The second-order valence-corrected chi connectivity index (χ2v) is 6.46. The van der Waals surface area contributed by atoms with Gasteiger partial charge in [-0.15, -0.1) is 0 Å². The molecule has 7 heteroatoms. The second-order valence-electron chi connectivity index (χ2n) is 4.81. The van der Waals surface area contributed by atoms with Crippen molar-refractivity contribution >= 4 is 15.7 Å². The Kier molecular flexibility index (Phi) is 3.23. The van der Waals surface area contributed by atoms with Gasteiger partial charge in [-0.2, -0.15) is 8.42 Å². The molecule has 3 rings (SSSR count). The summed E-state index contributed by atoms with van der Waals surface area (Å²) in [6.45, 7) is 3.35. The van der Waals surface area contributed by atoms with E-state index in [-0.39, 0.29) is 5.03 Å². The largest absolute Gasteiger partial charge is 0.332 e. The van der Waals surface area contributed by atoms with Crippen LogP contribution < -0.4 is 10.0 Å². The molecule has 6 nitrogen and oxygen atoms in total.